The summed E-state index contributed by atoms with van der Waals surface area (Å²) in [5, 5.41) is 0. The fraction of sp³-hybridized carbons (Fsp3) is 0.429. The van der Waals surface area contributed by atoms with Crippen LogP contribution in [0.3, 0.4) is 0 Å². The molecule has 0 aliphatic carbocycles. The number of esters is 1. The summed E-state index contributed by atoms with van der Waals surface area (Å²) < 4.78 is 16.8. The predicted molar refractivity (Wildman–Crippen MR) is 55.0 cm³/mol. The maximum Gasteiger partial charge on any atom is 0.306 e. The Kier molecular flexibility index (Phi) is 4.50. The Morgan fingerprint density at radius 2 is 2.50 bits per heavy atom. The molecule has 0 amide bonds. The van der Waals surface area contributed by atoms with Crippen molar-refractivity contribution in [3.8, 4) is 0 Å². The molecule has 1 aromatic rings. The van der Waals surface area contributed by atoms with Crippen molar-refractivity contribution in [3.63, 3.8) is 0 Å². The Hall–Kier alpha value is -0.460. The molecule has 0 radical (unpaired) electrons. The van der Waals surface area contributed by atoms with E-state index in [1.54, 1.807) is 0 Å². The van der Waals surface area contributed by atoms with Crippen molar-refractivity contribution in [2.45, 2.75) is 10.8 Å². The topological polar surface area (TPSA) is 56.3 Å². The number of carbonyl (C=O) groups is 1. The number of aromatic nitrogens is 1. The summed E-state index contributed by atoms with van der Waals surface area (Å²) in [6.45, 7) is 0. The number of thiazole rings is 1. The van der Waals surface area contributed by atoms with Gasteiger partial charge in [-0.3, -0.25) is 9.00 Å². The van der Waals surface area contributed by atoms with E-state index in [2.05, 4.69) is 9.72 Å². The van der Waals surface area contributed by atoms with E-state index in [0.717, 1.165) is 11.3 Å². The number of rotatable bonds is 4. The van der Waals surface area contributed by atoms with Crippen LogP contribution in [0.1, 0.15) is 6.42 Å². The Morgan fingerprint density at radius 3 is 3.00 bits per heavy atom. The zero-order valence-electron chi connectivity index (χ0n) is 7.36. The van der Waals surface area contributed by atoms with E-state index in [1.165, 1.54) is 13.3 Å². The molecule has 0 aromatic carbocycles. The molecule has 0 spiro atoms. The predicted octanol–water partition coefficient (Wildman–Crippen LogP) is 1.47. The van der Waals surface area contributed by atoms with Crippen molar-refractivity contribution >= 4 is 39.7 Å². The van der Waals surface area contributed by atoms with Gasteiger partial charge in [-0.25, -0.2) is 4.98 Å². The minimum atomic E-state index is -1.26. The average Bonchev–Trinajstić information content (AvgIpc) is 2.60. The van der Waals surface area contributed by atoms with Gasteiger partial charge in [0.1, 0.15) is 4.34 Å². The van der Waals surface area contributed by atoms with Crippen LogP contribution >= 0.6 is 22.9 Å². The second-order valence-electron chi connectivity index (χ2n) is 2.31. The molecule has 0 bridgehead atoms. The van der Waals surface area contributed by atoms with Gasteiger partial charge in [-0.1, -0.05) is 22.9 Å². The molecule has 14 heavy (non-hydrogen) atoms. The first kappa shape index (κ1) is 11.6. The number of carbonyl (C=O) groups excluding carboxylic acids is 1. The maximum absolute atomic E-state index is 11.5. The summed E-state index contributed by atoms with van der Waals surface area (Å²) in [6.07, 6.45) is 1.57. The molecular formula is C7H8ClNO3S2. The van der Waals surface area contributed by atoms with E-state index in [4.69, 9.17) is 11.6 Å². The molecule has 0 saturated heterocycles. The lowest BCUT2D eigenvalue weighted by Gasteiger charge is -1.97. The van der Waals surface area contributed by atoms with E-state index in [1.807, 2.05) is 0 Å². The molecule has 0 saturated carbocycles. The summed E-state index contributed by atoms with van der Waals surface area (Å²) >= 11 is 6.78. The standard InChI is InChI=1S/C7H8ClNO3S2/c1-12-6(10)2-3-14(11)7-9-4-5(8)13-7/h4H,2-3H2,1H3. The van der Waals surface area contributed by atoms with Crippen molar-refractivity contribution in [3.05, 3.63) is 10.5 Å². The van der Waals surface area contributed by atoms with Crippen molar-refractivity contribution in [2.75, 3.05) is 12.9 Å². The number of nitrogens with zero attached hydrogens (tertiary/aromatic N) is 1. The first-order chi connectivity index (χ1) is 6.63. The molecule has 4 nitrogen and oxygen atoms in total. The van der Waals surface area contributed by atoms with Gasteiger partial charge in [0.2, 0.25) is 0 Å². The van der Waals surface area contributed by atoms with Gasteiger partial charge in [-0.05, 0) is 0 Å². The van der Waals surface area contributed by atoms with Gasteiger partial charge in [0.25, 0.3) is 0 Å². The van der Waals surface area contributed by atoms with Crippen LogP contribution < -0.4 is 0 Å². The van der Waals surface area contributed by atoms with E-state index in [9.17, 15) is 9.00 Å². The average molecular weight is 254 g/mol. The van der Waals surface area contributed by atoms with Crippen LogP contribution in [0, 0.1) is 0 Å². The van der Waals surface area contributed by atoms with Crippen LogP contribution in [-0.2, 0) is 20.3 Å². The highest BCUT2D eigenvalue weighted by molar-refractivity contribution is 7.87. The van der Waals surface area contributed by atoms with E-state index in [0.29, 0.717) is 8.68 Å². The molecule has 78 valence electrons. The van der Waals surface area contributed by atoms with Crippen LogP contribution in [0.4, 0.5) is 0 Å². The molecule has 0 N–H and O–H groups in total. The molecule has 1 heterocycles. The van der Waals surface area contributed by atoms with Crippen molar-refractivity contribution in [2.24, 2.45) is 0 Å². The Bertz CT molecular complexity index is 352. The lowest BCUT2D eigenvalue weighted by Crippen LogP contribution is -2.07. The minimum Gasteiger partial charge on any atom is -0.469 e. The van der Waals surface area contributed by atoms with Crippen LogP contribution in [-0.4, -0.2) is 28.0 Å². The number of hydrogen-bond acceptors (Lipinski definition) is 5. The van der Waals surface area contributed by atoms with Gasteiger partial charge >= 0.3 is 5.97 Å². The molecule has 1 unspecified atom stereocenters. The fourth-order valence-electron chi connectivity index (χ4n) is 0.710. The molecular weight excluding hydrogens is 246 g/mol. The SMILES string of the molecule is COC(=O)CCS(=O)c1ncc(Cl)s1. The second kappa shape index (κ2) is 5.43. The van der Waals surface area contributed by atoms with Crippen molar-refractivity contribution in [1.29, 1.82) is 0 Å². The third-order valence-electron chi connectivity index (χ3n) is 1.37. The van der Waals surface area contributed by atoms with Crippen molar-refractivity contribution in [1.82, 2.24) is 4.98 Å². The number of ether oxygens (including phenoxy) is 1. The Balaban J connectivity index is 2.47. The summed E-state index contributed by atoms with van der Waals surface area (Å²) in [5.41, 5.74) is 0. The molecule has 1 aromatic heterocycles. The van der Waals surface area contributed by atoms with Gasteiger partial charge < -0.3 is 4.74 Å². The highest BCUT2D eigenvalue weighted by Gasteiger charge is 2.11. The Morgan fingerprint density at radius 1 is 1.79 bits per heavy atom. The first-order valence-corrected chi connectivity index (χ1v) is 6.21. The van der Waals surface area contributed by atoms with E-state index >= 15 is 0 Å². The van der Waals surface area contributed by atoms with Gasteiger partial charge in [0.05, 0.1) is 30.5 Å². The van der Waals surface area contributed by atoms with Gasteiger partial charge in [-0.15, -0.1) is 0 Å². The van der Waals surface area contributed by atoms with Crippen LogP contribution in [0.2, 0.25) is 4.34 Å². The molecule has 0 aliphatic heterocycles. The third-order valence-corrected chi connectivity index (χ3v) is 4.16. The van der Waals surface area contributed by atoms with E-state index < -0.39 is 10.8 Å². The van der Waals surface area contributed by atoms with Gasteiger partial charge in [0.15, 0.2) is 4.34 Å². The normalized spacial score (nSPS) is 12.4. The number of methoxy groups -OCH3 is 1. The smallest absolute Gasteiger partial charge is 0.306 e. The van der Waals surface area contributed by atoms with Gasteiger partial charge in [-0.2, -0.15) is 0 Å². The van der Waals surface area contributed by atoms with E-state index in [-0.39, 0.29) is 18.1 Å². The third kappa shape index (κ3) is 3.36. The maximum atomic E-state index is 11.5. The summed E-state index contributed by atoms with van der Waals surface area (Å²) in [4.78, 5) is 14.6. The molecule has 7 heteroatoms. The van der Waals surface area contributed by atoms with Gasteiger partial charge in [0, 0.05) is 5.75 Å². The summed E-state index contributed by atoms with van der Waals surface area (Å²) in [7, 11) is 0.0345. The largest absolute Gasteiger partial charge is 0.469 e. The van der Waals surface area contributed by atoms with Crippen molar-refractivity contribution < 1.29 is 13.7 Å². The highest BCUT2D eigenvalue weighted by atomic mass is 35.5. The highest BCUT2D eigenvalue weighted by Crippen LogP contribution is 2.21. The summed E-state index contributed by atoms with van der Waals surface area (Å²) in [6, 6.07) is 0. The lowest BCUT2D eigenvalue weighted by atomic mass is 10.5. The summed E-state index contributed by atoms with van der Waals surface area (Å²) in [5.74, 6) is -0.155. The van der Waals surface area contributed by atoms with Crippen LogP contribution in [0.25, 0.3) is 0 Å². The van der Waals surface area contributed by atoms with Crippen LogP contribution in [0.15, 0.2) is 10.5 Å². The number of halogens is 1. The monoisotopic (exact) mass is 253 g/mol. The zero-order chi connectivity index (χ0) is 10.6. The first-order valence-electron chi connectivity index (χ1n) is 3.70. The zero-order valence-corrected chi connectivity index (χ0v) is 9.75. The number of hydrogen-bond donors (Lipinski definition) is 0. The molecule has 0 fully saturated rings. The molecule has 0 aliphatic rings. The molecule has 1 rings (SSSR count). The minimum absolute atomic E-state index is 0.125. The fourth-order valence-corrected chi connectivity index (χ4v) is 3.08. The molecule has 1 atom stereocenters. The quantitative estimate of drug-likeness (QED) is 0.763. The van der Waals surface area contributed by atoms with Crippen LogP contribution in [0.5, 0.6) is 0 Å². The lowest BCUT2D eigenvalue weighted by molar-refractivity contribution is -0.140. The Labute approximate surface area is 92.7 Å². The second-order valence-corrected chi connectivity index (χ2v) is 5.71.